The number of hydrogen-bond donors (Lipinski definition) is 0. The normalized spacial score (nSPS) is 15.6. The van der Waals surface area contributed by atoms with E-state index >= 15 is 0 Å². The van der Waals surface area contributed by atoms with Gasteiger partial charge in [-0.2, -0.15) is 0 Å². The minimum absolute atomic E-state index is 0.130. The minimum Gasteiger partial charge on any atom is -0.457 e. The van der Waals surface area contributed by atoms with Crippen LogP contribution in [0.15, 0.2) is 94.3 Å². The van der Waals surface area contributed by atoms with Gasteiger partial charge in [-0.1, -0.05) is 84.6 Å². The number of amides is 1. The molecule has 0 bridgehead atoms. The third kappa shape index (κ3) is 3.28. The Morgan fingerprint density at radius 2 is 1.62 bits per heavy atom. The summed E-state index contributed by atoms with van der Waals surface area (Å²) in [6.07, 6.45) is 1.76. The number of para-hydroxylation sites is 1. The maximum absolute atomic E-state index is 12.9. The molecule has 140 valence electrons. The molecule has 0 aliphatic carbocycles. The fourth-order valence-electron chi connectivity index (χ4n) is 3.41. The highest BCUT2D eigenvalue weighted by atomic mass is 32.2. The van der Waals surface area contributed by atoms with E-state index in [1.165, 1.54) is 11.8 Å². The van der Waals surface area contributed by atoms with Gasteiger partial charge in [-0.05, 0) is 35.0 Å². The first-order valence-corrected chi connectivity index (χ1v) is 10.3. The van der Waals surface area contributed by atoms with Crippen LogP contribution < -0.4 is 4.90 Å². The van der Waals surface area contributed by atoms with Gasteiger partial charge < -0.3 is 4.42 Å². The number of anilines is 1. The molecule has 3 aromatic carbocycles. The molecule has 0 N–H and O–H groups in total. The molecule has 1 fully saturated rings. The summed E-state index contributed by atoms with van der Waals surface area (Å²) in [5.74, 6) is 1.27. The fraction of sp³-hybridized carbons (Fsp3) is 0. The first kappa shape index (κ1) is 17.9. The minimum atomic E-state index is -0.130. The van der Waals surface area contributed by atoms with Crippen LogP contribution >= 0.6 is 24.0 Å². The van der Waals surface area contributed by atoms with Gasteiger partial charge >= 0.3 is 0 Å². The van der Waals surface area contributed by atoms with Crippen LogP contribution in [-0.2, 0) is 4.79 Å². The Labute approximate surface area is 177 Å². The average molecular weight is 414 g/mol. The Hall–Kier alpha value is -3.15. The van der Waals surface area contributed by atoms with Crippen LogP contribution in [0, 0.1) is 0 Å². The second kappa shape index (κ2) is 7.35. The van der Waals surface area contributed by atoms with Crippen molar-refractivity contribution in [2.75, 3.05) is 4.90 Å². The second-order valence-electron chi connectivity index (χ2n) is 6.58. The number of furan rings is 1. The predicted octanol–water partition coefficient (Wildman–Crippen LogP) is 6.51. The maximum Gasteiger partial charge on any atom is 0.270 e. The molecule has 1 aliphatic heterocycles. The van der Waals surface area contributed by atoms with E-state index in [1.807, 2.05) is 66.7 Å². The van der Waals surface area contributed by atoms with E-state index in [4.69, 9.17) is 16.6 Å². The molecule has 1 aliphatic rings. The first-order valence-electron chi connectivity index (χ1n) is 9.12. The summed E-state index contributed by atoms with van der Waals surface area (Å²) >= 11 is 6.71. The highest BCUT2D eigenvalue weighted by molar-refractivity contribution is 8.27. The molecule has 1 saturated heterocycles. The van der Waals surface area contributed by atoms with Gasteiger partial charge in [0, 0.05) is 11.6 Å². The standard InChI is InChI=1S/C24H15NO2S2/c26-23-22(29-24(28)25(23)17-9-2-1-3-10-17)15-18-13-14-21(27-18)20-12-6-8-16-7-4-5-11-19(16)20/h1-15H. The van der Waals surface area contributed by atoms with Crippen LogP contribution in [0.3, 0.4) is 0 Å². The smallest absolute Gasteiger partial charge is 0.270 e. The van der Waals surface area contributed by atoms with E-state index in [2.05, 4.69) is 18.2 Å². The summed E-state index contributed by atoms with van der Waals surface area (Å²) in [7, 11) is 0. The third-order valence-electron chi connectivity index (χ3n) is 4.76. The zero-order valence-electron chi connectivity index (χ0n) is 15.2. The number of thioether (sulfide) groups is 1. The lowest BCUT2D eigenvalue weighted by molar-refractivity contribution is -0.113. The lowest BCUT2D eigenvalue weighted by Gasteiger charge is -2.13. The maximum atomic E-state index is 12.9. The van der Waals surface area contributed by atoms with Gasteiger partial charge in [-0.3, -0.25) is 9.69 Å². The quantitative estimate of drug-likeness (QED) is 0.283. The fourth-order valence-corrected chi connectivity index (χ4v) is 4.69. The van der Waals surface area contributed by atoms with Crippen molar-refractivity contribution in [1.82, 2.24) is 0 Å². The van der Waals surface area contributed by atoms with E-state index in [9.17, 15) is 4.79 Å². The van der Waals surface area contributed by atoms with Crippen molar-refractivity contribution in [3.8, 4) is 11.3 Å². The largest absolute Gasteiger partial charge is 0.457 e. The molecule has 1 aromatic heterocycles. The zero-order chi connectivity index (χ0) is 19.8. The van der Waals surface area contributed by atoms with Crippen molar-refractivity contribution < 1.29 is 9.21 Å². The van der Waals surface area contributed by atoms with Crippen LogP contribution in [0.4, 0.5) is 5.69 Å². The molecule has 5 heteroatoms. The molecular formula is C24H15NO2S2. The molecule has 0 spiro atoms. The Kier molecular flexibility index (Phi) is 4.54. The second-order valence-corrected chi connectivity index (χ2v) is 8.26. The van der Waals surface area contributed by atoms with Crippen molar-refractivity contribution in [3.05, 3.63) is 95.6 Å². The number of hydrogen-bond acceptors (Lipinski definition) is 4. The molecule has 0 radical (unpaired) electrons. The van der Waals surface area contributed by atoms with Gasteiger partial charge in [0.2, 0.25) is 0 Å². The number of carbonyl (C=O) groups excluding carboxylic acids is 1. The van der Waals surface area contributed by atoms with Gasteiger partial charge in [0.15, 0.2) is 4.32 Å². The summed E-state index contributed by atoms with van der Waals surface area (Å²) < 4.78 is 6.58. The molecule has 29 heavy (non-hydrogen) atoms. The molecule has 0 atom stereocenters. The van der Waals surface area contributed by atoms with Gasteiger partial charge in [-0.25, -0.2) is 0 Å². The van der Waals surface area contributed by atoms with E-state index in [0.29, 0.717) is 15.0 Å². The number of nitrogens with zero attached hydrogens (tertiary/aromatic N) is 1. The molecule has 3 nitrogen and oxygen atoms in total. The van der Waals surface area contributed by atoms with Crippen LogP contribution in [-0.4, -0.2) is 10.2 Å². The summed E-state index contributed by atoms with van der Waals surface area (Å²) in [4.78, 5) is 15.0. The molecule has 1 amide bonds. The van der Waals surface area contributed by atoms with Crippen molar-refractivity contribution in [3.63, 3.8) is 0 Å². The van der Waals surface area contributed by atoms with Gasteiger partial charge in [0.05, 0.1) is 10.6 Å². The number of carbonyl (C=O) groups is 1. The molecule has 0 saturated carbocycles. The van der Waals surface area contributed by atoms with E-state index in [0.717, 1.165) is 27.8 Å². The Balaban J connectivity index is 1.48. The van der Waals surface area contributed by atoms with Crippen LogP contribution in [0.5, 0.6) is 0 Å². The van der Waals surface area contributed by atoms with E-state index in [1.54, 1.807) is 11.0 Å². The van der Waals surface area contributed by atoms with Crippen LogP contribution in [0.2, 0.25) is 0 Å². The van der Waals surface area contributed by atoms with E-state index in [-0.39, 0.29) is 5.91 Å². The van der Waals surface area contributed by atoms with Crippen molar-refractivity contribution in [1.29, 1.82) is 0 Å². The van der Waals surface area contributed by atoms with Crippen molar-refractivity contribution in [2.45, 2.75) is 0 Å². The van der Waals surface area contributed by atoms with Gasteiger partial charge in [0.1, 0.15) is 11.5 Å². The summed E-state index contributed by atoms with van der Waals surface area (Å²) in [5, 5.41) is 2.29. The SMILES string of the molecule is O=C1C(=Cc2ccc(-c3cccc4ccccc34)o2)SC(=S)N1c1ccccc1. The zero-order valence-corrected chi connectivity index (χ0v) is 16.9. The molecule has 0 unspecified atom stereocenters. The van der Waals surface area contributed by atoms with Gasteiger partial charge in [0.25, 0.3) is 5.91 Å². The summed E-state index contributed by atoms with van der Waals surface area (Å²) in [6.45, 7) is 0. The van der Waals surface area contributed by atoms with Crippen LogP contribution in [0.25, 0.3) is 28.2 Å². The highest BCUT2D eigenvalue weighted by Gasteiger charge is 2.33. The number of fused-ring (bicyclic) bond motifs is 1. The molecule has 5 rings (SSSR count). The number of benzene rings is 3. The topological polar surface area (TPSA) is 33.5 Å². The Morgan fingerprint density at radius 1 is 0.862 bits per heavy atom. The van der Waals surface area contributed by atoms with Gasteiger partial charge in [-0.15, -0.1) is 0 Å². The average Bonchev–Trinajstić information content (AvgIpc) is 3.32. The van der Waals surface area contributed by atoms with Crippen molar-refractivity contribution >= 4 is 56.7 Å². The third-order valence-corrected chi connectivity index (χ3v) is 6.07. The molecule has 2 heterocycles. The molecule has 4 aromatic rings. The van der Waals surface area contributed by atoms with Crippen molar-refractivity contribution in [2.24, 2.45) is 0 Å². The predicted molar refractivity (Wildman–Crippen MR) is 124 cm³/mol. The lowest BCUT2D eigenvalue weighted by Crippen LogP contribution is -2.27. The highest BCUT2D eigenvalue weighted by Crippen LogP contribution is 2.37. The van der Waals surface area contributed by atoms with Crippen LogP contribution in [0.1, 0.15) is 5.76 Å². The number of thiocarbonyl (C=S) groups is 1. The first-order chi connectivity index (χ1) is 14.2. The van der Waals surface area contributed by atoms with E-state index < -0.39 is 0 Å². The number of rotatable bonds is 3. The summed E-state index contributed by atoms with van der Waals surface area (Å²) in [6, 6.07) is 27.6. The Morgan fingerprint density at radius 3 is 2.48 bits per heavy atom. The summed E-state index contributed by atoms with van der Waals surface area (Å²) in [5.41, 5.74) is 1.80. The Bertz CT molecular complexity index is 1270. The monoisotopic (exact) mass is 413 g/mol. The molecular weight excluding hydrogens is 398 g/mol. The lowest BCUT2D eigenvalue weighted by atomic mass is 10.0.